The first-order chi connectivity index (χ1) is 12.6. The van der Waals surface area contributed by atoms with Gasteiger partial charge in [0.25, 0.3) is 0 Å². The molecule has 0 saturated carbocycles. The van der Waals surface area contributed by atoms with E-state index in [-0.39, 0.29) is 30.3 Å². The second-order valence-electron chi connectivity index (χ2n) is 6.78. The molecule has 1 unspecified atom stereocenters. The van der Waals surface area contributed by atoms with Crippen LogP contribution in [0.3, 0.4) is 0 Å². The van der Waals surface area contributed by atoms with Crippen molar-refractivity contribution in [2.45, 2.75) is 18.9 Å². The number of Topliss-reactive ketones (excluding diaryl/α,β-unsaturated/α-hetero) is 1. The van der Waals surface area contributed by atoms with Gasteiger partial charge < -0.3 is 4.74 Å². The summed E-state index contributed by atoms with van der Waals surface area (Å²) >= 11 is 1.68. The van der Waals surface area contributed by atoms with E-state index >= 15 is 0 Å². The second kappa shape index (κ2) is 7.25. The minimum absolute atomic E-state index is 0.0721. The monoisotopic (exact) mass is 367 g/mol. The number of nitrogens with zero attached hydrogens (tertiary/aromatic N) is 1. The van der Waals surface area contributed by atoms with Gasteiger partial charge in [-0.25, -0.2) is 0 Å². The molecule has 1 aliphatic heterocycles. The standard InChI is InChI=1S/C21H21NO3S/c1-14(23)20-12-26-13-22(20)10-21(24)25-11-19-17-8-4-2-6-15(17)16-7-3-5-9-18(16)19/h2-9,19-20H,10-13H2,1H3. The number of carbonyl (C=O) groups excluding carboxylic acids is 2. The van der Waals surface area contributed by atoms with Gasteiger partial charge in [0, 0.05) is 17.5 Å². The van der Waals surface area contributed by atoms with Crippen molar-refractivity contribution in [3.63, 3.8) is 0 Å². The Bertz CT molecular complexity index is 805. The fourth-order valence-corrected chi connectivity index (χ4v) is 5.11. The SMILES string of the molecule is CC(=O)C1CSCN1CC(=O)OCC1c2ccccc2-c2ccccc21. The second-order valence-corrected chi connectivity index (χ2v) is 7.78. The molecule has 1 atom stereocenters. The Kier molecular flexibility index (Phi) is 4.83. The molecule has 0 bridgehead atoms. The summed E-state index contributed by atoms with van der Waals surface area (Å²) in [6.45, 7) is 2.09. The van der Waals surface area contributed by atoms with E-state index in [0.717, 1.165) is 5.75 Å². The zero-order valence-corrected chi connectivity index (χ0v) is 15.5. The molecule has 5 heteroatoms. The molecule has 1 saturated heterocycles. The molecule has 1 aliphatic carbocycles. The summed E-state index contributed by atoms with van der Waals surface area (Å²) in [6.07, 6.45) is 0. The third-order valence-corrected chi connectivity index (χ3v) is 6.21. The average Bonchev–Trinajstić information content (AvgIpc) is 3.23. The molecule has 4 nitrogen and oxygen atoms in total. The number of ether oxygens (including phenoxy) is 1. The summed E-state index contributed by atoms with van der Waals surface area (Å²) in [5.74, 6) is 1.38. The lowest BCUT2D eigenvalue weighted by Crippen LogP contribution is -2.40. The molecule has 1 fully saturated rings. The molecule has 0 radical (unpaired) electrons. The fourth-order valence-electron chi connectivity index (χ4n) is 3.83. The van der Waals surface area contributed by atoms with Crippen LogP contribution in [0.2, 0.25) is 0 Å². The molecular formula is C21H21NO3S. The number of thioether (sulfide) groups is 1. The molecule has 2 aromatic rings. The molecule has 0 amide bonds. The van der Waals surface area contributed by atoms with Gasteiger partial charge >= 0.3 is 5.97 Å². The highest BCUT2D eigenvalue weighted by atomic mass is 32.2. The van der Waals surface area contributed by atoms with Gasteiger partial charge in [0.1, 0.15) is 12.4 Å². The lowest BCUT2D eigenvalue weighted by atomic mass is 9.98. The van der Waals surface area contributed by atoms with Crippen LogP contribution in [0.5, 0.6) is 0 Å². The van der Waals surface area contributed by atoms with Gasteiger partial charge in [-0.2, -0.15) is 0 Å². The number of benzene rings is 2. The Hall–Kier alpha value is -2.11. The van der Waals surface area contributed by atoms with Crippen LogP contribution in [-0.4, -0.2) is 47.5 Å². The third kappa shape index (κ3) is 3.17. The van der Waals surface area contributed by atoms with E-state index in [1.807, 2.05) is 29.2 Å². The van der Waals surface area contributed by atoms with Crippen molar-refractivity contribution in [1.29, 1.82) is 0 Å². The van der Waals surface area contributed by atoms with Crippen LogP contribution in [0.25, 0.3) is 11.1 Å². The molecule has 26 heavy (non-hydrogen) atoms. The van der Waals surface area contributed by atoms with Crippen molar-refractivity contribution in [1.82, 2.24) is 4.90 Å². The number of hydrogen-bond donors (Lipinski definition) is 0. The zero-order chi connectivity index (χ0) is 18.1. The Labute approximate surface area is 157 Å². The molecule has 0 spiro atoms. The van der Waals surface area contributed by atoms with Crippen molar-refractivity contribution in [2.24, 2.45) is 0 Å². The number of ketones is 1. The number of hydrogen-bond acceptors (Lipinski definition) is 5. The van der Waals surface area contributed by atoms with Gasteiger partial charge in [-0.3, -0.25) is 14.5 Å². The number of carbonyl (C=O) groups is 2. The van der Waals surface area contributed by atoms with Gasteiger partial charge in [0.05, 0.1) is 12.6 Å². The summed E-state index contributed by atoms with van der Waals surface area (Å²) in [4.78, 5) is 25.9. The summed E-state index contributed by atoms with van der Waals surface area (Å²) in [7, 11) is 0. The van der Waals surface area contributed by atoms with E-state index in [1.165, 1.54) is 22.3 Å². The van der Waals surface area contributed by atoms with Crippen LogP contribution < -0.4 is 0 Å². The van der Waals surface area contributed by atoms with E-state index < -0.39 is 0 Å². The van der Waals surface area contributed by atoms with Crippen LogP contribution in [0.4, 0.5) is 0 Å². The quantitative estimate of drug-likeness (QED) is 0.759. The van der Waals surface area contributed by atoms with E-state index in [1.54, 1.807) is 18.7 Å². The number of rotatable bonds is 5. The minimum Gasteiger partial charge on any atom is -0.464 e. The summed E-state index contributed by atoms with van der Waals surface area (Å²) in [6, 6.07) is 16.4. The van der Waals surface area contributed by atoms with Crippen LogP contribution in [-0.2, 0) is 14.3 Å². The van der Waals surface area contributed by atoms with E-state index in [9.17, 15) is 9.59 Å². The Balaban J connectivity index is 1.45. The molecule has 0 aromatic heterocycles. The number of fused-ring (bicyclic) bond motifs is 3. The molecule has 134 valence electrons. The highest BCUT2D eigenvalue weighted by molar-refractivity contribution is 7.99. The van der Waals surface area contributed by atoms with Crippen molar-refractivity contribution in [2.75, 3.05) is 24.8 Å². The van der Waals surface area contributed by atoms with Gasteiger partial charge in [-0.05, 0) is 29.2 Å². The van der Waals surface area contributed by atoms with Crippen molar-refractivity contribution in [3.8, 4) is 11.1 Å². The van der Waals surface area contributed by atoms with E-state index in [4.69, 9.17) is 4.74 Å². The van der Waals surface area contributed by atoms with Gasteiger partial charge in [-0.15, -0.1) is 11.8 Å². The lowest BCUT2D eigenvalue weighted by molar-refractivity contribution is -0.145. The van der Waals surface area contributed by atoms with E-state index in [0.29, 0.717) is 12.5 Å². The van der Waals surface area contributed by atoms with Crippen molar-refractivity contribution in [3.05, 3.63) is 59.7 Å². The van der Waals surface area contributed by atoms with Crippen molar-refractivity contribution < 1.29 is 14.3 Å². The first-order valence-electron chi connectivity index (χ1n) is 8.81. The maximum absolute atomic E-state index is 12.4. The molecule has 0 N–H and O–H groups in total. The molecular weight excluding hydrogens is 346 g/mol. The summed E-state index contributed by atoms with van der Waals surface area (Å²) < 4.78 is 5.63. The van der Waals surface area contributed by atoms with Crippen LogP contribution >= 0.6 is 11.8 Å². The Morgan fingerprint density at radius 1 is 1.08 bits per heavy atom. The maximum Gasteiger partial charge on any atom is 0.320 e. The zero-order valence-electron chi connectivity index (χ0n) is 14.7. The maximum atomic E-state index is 12.4. The van der Waals surface area contributed by atoms with Gasteiger partial charge in [-0.1, -0.05) is 48.5 Å². The fraction of sp³-hybridized carbons (Fsp3) is 0.333. The van der Waals surface area contributed by atoms with Crippen LogP contribution in [0, 0.1) is 0 Å². The normalized spacial score (nSPS) is 19.2. The average molecular weight is 367 g/mol. The van der Waals surface area contributed by atoms with Gasteiger partial charge in [0.2, 0.25) is 0 Å². The van der Waals surface area contributed by atoms with Crippen LogP contribution in [0.1, 0.15) is 24.0 Å². The Morgan fingerprint density at radius 2 is 1.69 bits per heavy atom. The Morgan fingerprint density at radius 3 is 2.31 bits per heavy atom. The lowest BCUT2D eigenvalue weighted by Gasteiger charge is -2.21. The minimum atomic E-state index is -0.263. The molecule has 2 aliphatic rings. The smallest absolute Gasteiger partial charge is 0.320 e. The highest BCUT2D eigenvalue weighted by Gasteiger charge is 2.32. The highest BCUT2D eigenvalue weighted by Crippen LogP contribution is 2.44. The molecule has 1 heterocycles. The predicted octanol–water partition coefficient (Wildman–Crippen LogP) is 3.31. The largest absolute Gasteiger partial charge is 0.464 e. The molecule has 4 rings (SSSR count). The number of esters is 1. The van der Waals surface area contributed by atoms with Crippen molar-refractivity contribution >= 4 is 23.5 Å². The van der Waals surface area contributed by atoms with Gasteiger partial charge in [0.15, 0.2) is 0 Å². The first-order valence-corrected chi connectivity index (χ1v) is 9.96. The predicted molar refractivity (Wildman–Crippen MR) is 103 cm³/mol. The summed E-state index contributed by atoms with van der Waals surface area (Å²) in [5.41, 5.74) is 4.85. The first kappa shape index (κ1) is 17.3. The third-order valence-electron chi connectivity index (χ3n) is 5.15. The van der Waals surface area contributed by atoms with E-state index in [2.05, 4.69) is 24.3 Å². The summed E-state index contributed by atoms with van der Waals surface area (Å²) in [5, 5.41) is 0. The topological polar surface area (TPSA) is 46.6 Å². The van der Waals surface area contributed by atoms with Crippen LogP contribution in [0.15, 0.2) is 48.5 Å². The molecule has 2 aromatic carbocycles.